The molecule has 1 heterocycles. The fourth-order valence-electron chi connectivity index (χ4n) is 2.67. The molecule has 1 aliphatic rings. The zero-order valence-electron chi connectivity index (χ0n) is 11.7. The van der Waals surface area contributed by atoms with Gasteiger partial charge >= 0.3 is 5.97 Å². The van der Waals surface area contributed by atoms with Crippen LogP contribution in [0.15, 0.2) is 22.8 Å². The smallest absolute Gasteiger partial charge is 0.329 e. The summed E-state index contributed by atoms with van der Waals surface area (Å²) in [5.41, 5.74) is -1.08. The monoisotopic (exact) mass is 279 g/mol. The third-order valence-corrected chi connectivity index (χ3v) is 4.09. The quantitative estimate of drug-likeness (QED) is 0.867. The number of carboxylic acid groups (broad SMARTS) is 1. The summed E-state index contributed by atoms with van der Waals surface area (Å²) in [6.07, 6.45) is 5.00. The first-order chi connectivity index (χ1) is 9.52. The molecule has 0 aliphatic heterocycles. The van der Waals surface area contributed by atoms with E-state index in [1.165, 1.54) is 0 Å². The van der Waals surface area contributed by atoms with Gasteiger partial charge in [-0.25, -0.2) is 4.79 Å². The number of carbonyl (C=O) groups excluding carboxylic acids is 1. The largest absolute Gasteiger partial charge is 0.480 e. The standard InChI is InChI=1S/C15H21NO4/c1-11-6-8-15(9-7-11,14(18)19)16-13(17)5-4-12-3-2-10-20-12/h2-3,10-11H,4-9H2,1H3,(H,16,17)(H,18,19). The average Bonchev–Trinajstić information content (AvgIpc) is 2.92. The van der Waals surface area contributed by atoms with E-state index in [2.05, 4.69) is 12.2 Å². The van der Waals surface area contributed by atoms with Crippen molar-refractivity contribution in [3.05, 3.63) is 24.2 Å². The van der Waals surface area contributed by atoms with Crippen LogP contribution in [0.5, 0.6) is 0 Å². The third kappa shape index (κ3) is 3.40. The molecule has 110 valence electrons. The van der Waals surface area contributed by atoms with Crippen molar-refractivity contribution in [2.75, 3.05) is 0 Å². The number of carboxylic acids is 1. The van der Waals surface area contributed by atoms with Crippen LogP contribution in [0.3, 0.4) is 0 Å². The number of nitrogens with one attached hydrogen (secondary N) is 1. The lowest BCUT2D eigenvalue weighted by Crippen LogP contribution is -2.56. The van der Waals surface area contributed by atoms with Gasteiger partial charge in [-0.2, -0.15) is 0 Å². The second kappa shape index (κ2) is 6.11. The Kier molecular flexibility index (Phi) is 4.47. The number of amides is 1. The summed E-state index contributed by atoms with van der Waals surface area (Å²) in [5.74, 6) is 0.124. The number of rotatable bonds is 5. The predicted octanol–water partition coefficient (Wildman–Crippen LogP) is 2.36. The fraction of sp³-hybridized carbons (Fsp3) is 0.600. The summed E-state index contributed by atoms with van der Waals surface area (Å²) < 4.78 is 5.16. The van der Waals surface area contributed by atoms with Crippen LogP contribution in [-0.4, -0.2) is 22.5 Å². The van der Waals surface area contributed by atoms with E-state index in [9.17, 15) is 14.7 Å². The van der Waals surface area contributed by atoms with Crippen LogP contribution in [0.4, 0.5) is 0 Å². The highest BCUT2D eigenvalue weighted by atomic mass is 16.4. The number of furan rings is 1. The van der Waals surface area contributed by atoms with Gasteiger partial charge < -0.3 is 14.8 Å². The van der Waals surface area contributed by atoms with E-state index < -0.39 is 11.5 Å². The summed E-state index contributed by atoms with van der Waals surface area (Å²) >= 11 is 0. The minimum absolute atomic E-state index is 0.224. The molecule has 5 heteroatoms. The van der Waals surface area contributed by atoms with Crippen LogP contribution in [0.2, 0.25) is 0 Å². The third-order valence-electron chi connectivity index (χ3n) is 4.09. The highest BCUT2D eigenvalue weighted by molar-refractivity contribution is 5.87. The minimum atomic E-state index is -1.08. The maximum absolute atomic E-state index is 12.0. The van der Waals surface area contributed by atoms with Gasteiger partial charge in [-0.3, -0.25) is 4.79 Å². The van der Waals surface area contributed by atoms with Crippen LogP contribution in [0.25, 0.3) is 0 Å². The molecule has 1 aromatic heterocycles. The molecule has 0 aromatic carbocycles. The first kappa shape index (κ1) is 14.6. The molecule has 5 nitrogen and oxygen atoms in total. The Morgan fingerprint density at radius 1 is 1.45 bits per heavy atom. The van der Waals surface area contributed by atoms with E-state index >= 15 is 0 Å². The number of hydrogen-bond donors (Lipinski definition) is 2. The molecule has 20 heavy (non-hydrogen) atoms. The van der Waals surface area contributed by atoms with E-state index in [0.29, 0.717) is 25.2 Å². The zero-order valence-corrected chi connectivity index (χ0v) is 11.7. The Labute approximate surface area is 118 Å². The van der Waals surface area contributed by atoms with Gasteiger partial charge in [0.25, 0.3) is 0 Å². The van der Waals surface area contributed by atoms with Gasteiger partial charge in [-0.05, 0) is 43.7 Å². The van der Waals surface area contributed by atoms with Crippen LogP contribution < -0.4 is 5.32 Å². The van der Waals surface area contributed by atoms with Gasteiger partial charge in [0.1, 0.15) is 11.3 Å². The fourth-order valence-corrected chi connectivity index (χ4v) is 2.67. The molecule has 1 amide bonds. The summed E-state index contributed by atoms with van der Waals surface area (Å²) in [7, 11) is 0. The second-order valence-electron chi connectivity index (χ2n) is 5.70. The lowest BCUT2D eigenvalue weighted by molar-refractivity contribution is -0.149. The molecule has 0 radical (unpaired) electrons. The maximum Gasteiger partial charge on any atom is 0.329 e. The lowest BCUT2D eigenvalue weighted by Gasteiger charge is -2.36. The molecule has 1 saturated carbocycles. The van der Waals surface area contributed by atoms with Crippen molar-refractivity contribution in [1.29, 1.82) is 0 Å². The number of hydrogen-bond acceptors (Lipinski definition) is 3. The van der Waals surface area contributed by atoms with Gasteiger partial charge in [0.2, 0.25) is 5.91 Å². The molecular formula is C15H21NO4. The van der Waals surface area contributed by atoms with Gasteiger partial charge in [0.05, 0.1) is 6.26 Å². The van der Waals surface area contributed by atoms with E-state index in [1.807, 2.05) is 6.07 Å². The molecule has 0 spiro atoms. The summed E-state index contributed by atoms with van der Waals surface area (Å²) in [4.78, 5) is 23.5. The van der Waals surface area contributed by atoms with Gasteiger partial charge in [-0.15, -0.1) is 0 Å². The first-order valence-electron chi connectivity index (χ1n) is 7.09. The Balaban J connectivity index is 1.91. The molecule has 0 bridgehead atoms. The highest BCUT2D eigenvalue weighted by Crippen LogP contribution is 2.32. The van der Waals surface area contributed by atoms with E-state index in [-0.39, 0.29) is 12.3 Å². The number of aliphatic carboxylic acids is 1. The van der Waals surface area contributed by atoms with Crippen molar-refractivity contribution in [1.82, 2.24) is 5.32 Å². The van der Waals surface area contributed by atoms with Crippen molar-refractivity contribution in [2.45, 2.75) is 51.0 Å². The van der Waals surface area contributed by atoms with Crippen LogP contribution >= 0.6 is 0 Å². The Hall–Kier alpha value is -1.78. The van der Waals surface area contributed by atoms with Crippen molar-refractivity contribution in [2.24, 2.45) is 5.92 Å². The summed E-state index contributed by atoms with van der Waals surface area (Å²) in [5, 5.41) is 12.2. The van der Waals surface area contributed by atoms with Crippen molar-refractivity contribution in [3.8, 4) is 0 Å². The van der Waals surface area contributed by atoms with Crippen LogP contribution in [-0.2, 0) is 16.0 Å². The molecule has 1 aromatic rings. The van der Waals surface area contributed by atoms with E-state index in [0.717, 1.165) is 18.6 Å². The molecule has 2 rings (SSSR count). The molecular weight excluding hydrogens is 258 g/mol. The minimum Gasteiger partial charge on any atom is -0.480 e. The normalized spacial score (nSPS) is 26.1. The van der Waals surface area contributed by atoms with Crippen LogP contribution in [0, 0.1) is 5.92 Å². The number of aryl methyl sites for hydroxylation is 1. The molecule has 0 atom stereocenters. The molecule has 1 fully saturated rings. The Bertz CT molecular complexity index is 458. The first-order valence-corrected chi connectivity index (χ1v) is 7.09. The number of carbonyl (C=O) groups is 2. The Morgan fingerprint density at radius 2 is 2.15 bits per heavy atom. The van der Waals surface area contributed by atoms with Crippen molar-refractivity contribution < 1.29 is 19.1 Å². The van der Waals surface area contributed by atoms with Crippen molar-refractivity contribution in [3.63, 3.8) is 0 Å². The molecule has 0 unspecified atom stereocenters. The SMILES string of the molecule is CC1CCC(NC(=O)CCc2ccco2)(C(=O)O)CC1. The predicted molar refractivity (Wildman–Crippen MR) is 73.2 cm³/mol. The average molecular weight is 279 g/mol. The summed E-state index contributed by atoms with van der Waals surface area (Å²) in [6, 6.07) is 3.58. The lowest BCUT2D eigenvalue weighted by atomic mass is 9.77. The zero-order chi connectivity index (χ0) is 14.6. The molecule has 1 aliphatic carbocycles. The van der Waals surface area contributed by atoms with Crippen LogP contribution in [0.1, 0.15) is 44.8 Å². The van der Waals surface area contributed by atoms with E-state index in [4.69, 9.17) is 4.42 Å². The van der Waals surface area contributed by atoms with Crippen molar-refractivity contribution >= 4 is 11.9 Å². The summed E-state index contributed by atoms with van der Waals surface area (Å²) in [6.45, 7) is 2.12. The van der Waals surface area contributed by atoms with Gasteiger partial charge in [0, 0.05) is 12.8 Å². The van der Waals surface area contributed by atoms with E-state index in [1.54, 1.807) is 12.3 Å². The molecule has 0 saturated heterocycles. The van der Waals surface area contributed by atoms with Gasteiger partial charge in [0.15, 0.2) is 0 Å². The molecule has 2 N–H and O–H groups in total. The van der Waals surface area contributed by atoms with Gasteiger partial charge in [-0.1, -0.05) is 6.92 Å². The topological polar surface area (TPSA) is 79.5 Å². The highest BCUT2D eigenvalue weighted by Gasteiger charge is 2.42. The maximum atomic E-state index is 12.0. The second-order valence-corrected chi connectivity index (χ2v) is 5.70. The Morgan fingerprint density at radius 3 is 2.70 bits per heavy atom.